The molecule has 3 heteroatoms. The van der Waals surface area contributed by atoms with Crippen LogP contribution in [0.4, 0.5) is 4.39 Å². The van der Waals surface area contributed by atoms with E-state index in [4.69, 9.17) is 11.6 Å². The van der Waals surface area contributed by atoms with Crippen LogP contribution in [0.3, 0.4) is 0 Å². The van der Waals surface area contributed by atoms with Crippen LogP contribution in [-0.4, -0.2) is 12.6 Å². The highest BCUT2D eigenvalue weighted by Gasteiger charge is 2.45. The van der Waals surface area contributed by atoms with Gasteiger partial charge in [-0.3, -0.25) is 0 Å². The monoisotopic (exact) mass is 283 g/mol. The van der Waals surface area contributed by atoms with Crippen molar-refractivity contribution in [1.29, 1.82) is 0 Å². The zero-order chi connectivity index (χ0) is 14.0. The Morgan fingerprint density at radius 1 is 1.42 bits per heavy atom. The number of rotatable bonds is 5. The first-order valence-electron chi connectivity index (χ1n) is 7.16. The van der Waals surface area contributed by atoms with Gasteiger partial charge in [-0.1, -0.05) is 44.9 Å². The lowest BCUT2D eigenvalue weighted by atomic mass is 9.57. The van der Waals surface area contributed by atoms with E-state index in [-0.39, 0.29) is 11.2 Å². The second kappa shape index (κ2) is 5.80. The minimum absolute atomic E-state index is 0.0930. The predicted octanol–water partition coefficient (Wildman–Crippen LogP) is 4.53. The summed E-state index contributed by atoms with van der Waals surface area (Å²) in [4.78, 5) is 0. The van der Waals surface area contributed by atoms with Gasteiger partial charge in [-0.25, -0.2) is 4.39 Å². The van der Waals surface area contributed by atoms with Crippen LogP contribution in [0.15, 0.2) is 18.2 Å². The van der Waals surface area contributed by atoms with Crippen LogP contribution in [-0.2, 0) is 5.41 Å². The SMILES string of the molecule is CCC1CC(CNC(C)C)(c2ccc(F)cc2Cl)C1. The number of hydrogen-bond donors (Lipinski definition) is 1. The second-order valence-electron chi connectivity index (χ2n) is 6.12. The van der Waals surface area contributed by atoms with Crippen molar-refractivity contribution < 1.29 is 4.39 Å². The third kappa shape index (κ3) is 3.11. The van der Waals surface area contributed by atoms with Crippen molar-refractivity contribution in [3.8, 4) is 0 Å². The van der Waals surface area contributed by atoms with Crippen LogP contribution >= 0.6 is 11.6 Å². The first kappa shape index (κ1) is 14.8. The van der Waals surface area contributed by atoms with Gasteiger partial charge in [0.25, 0.3) is 0 Å². The van der Waals surface area contributed by atoms with E-state index in [0.717, 1.165) is 30.9 Å². The molecule has 1 nitrogen and oxygen atoms in total. The fourth-order valence-electron chi connectivity index (χ4n) is 3.11. The molecule has 0 heterocycles. The molecule has 1 aliphatic rings. The molecule has 0 aromatic heterocycles. The average molecular weight is 284 g/mol. The molecule has 1 aromatic rings. The molecule has 0 radical (unpaired) electrons. The summed E-state index contributed by atoms with van der Waals surface area (Å²) in [6.07, 6.45) is 3.51. The fraction of sp³-hybridized carbons (Fsp3) is 0.625. The first-order valence-corrected chi connectivity index (χ1v) is 7.53. The zero-order valence-electron chi connectivity index (χ0n) is 12.0. The highest BCUT2D eigenvalue weighted by atomic mass is 35.5. The summed E-state index contributed by atoms with van der Waals surface area (Å²) in [5.74, 6) is 0.516. The Balaban J connectivity index is 2.23. The normalized spacial score (nSPS) is 26.5. The minimum Gasteiger partial charge on any atom is -0.314 e. The van der Waals surface area contributed by atoms with E-state index in [2.05, 4.69) is 26.1 Å². The number of nitrogens with one attached hydrogen (secondary N) is 1. The van der Waals surface area contributed by atoms with Gasteiger partial charge in [0.15, 0.2) is 0 Å². The van der Waals surface area contributed by atoms with E-state index in [0.29, 0.717) is 11.1 Å². The zero-order valence-corrected chi connectivity index (χ0v) is 12.7. The lowest BCUT2D eigenvalue weighted by Crippen LogP contribution is -2.50. The van der Waals surface area contributed by atoms with Gasteiger partial charge in [0.05, 0.1) is 0 Å². The van der Waals surface area contributed by atoms with Gasteiger partial charge in [0.1, 0.15) is 5.82 Å². The third-order valence-corrected chi connectivity index (χ3v) is 4.60. The van der Waals surface area contributed by atoms with Crippen molar-refractivity contribution in [2.24, 2.45) is 5.92 Å². The van der Waals surface area contributed by atoms with Crippen LogP contribution < -0.4 is 5.32 Å². The smallest absolute Gasteiger partial charge is 0.124 e. The van der Waals surface area contributed by atoms with E-state index < -0.39 is 0 Å². The summed E-state index contributed by atoms with van der Waals surface area (Å²) in [5, 5.41) is 4.09. The Morgan fingerprint density at radius 2 is 2.11 bits per heavy atom. The van der Waals surface area contributed by atoms with Crippen molar-refractivity contribution in [2.45, 2.75) is 51.5 Å². The predicted molar refractivity (Wildman–Crippen MR) is 79.2 cm³/mol. The Bertz CT molecular complexity index is 438. The van der Waals surface area contributed by atoms with Gasteiger partial charge in [0.2, 0.25) is 0 Å². The summed E-state index contributed by atoms with van der Waals surface area (Å²) in [6.45, 7) is 7.45. The third-order valence-electron chi connectivity index (χ3n) is 4.29. The van der Waals surface area contributed by atoms with Gasteiger partial charge < -0.3 is 5.32 Å². The van der Waals surface area contributed by atoms with Crippen molar-refractivity contribution in [3.05, 3.63) is 34.6 Å². The molecule has 0 bridgehead atoms. The number of hydrogen-bond acceptors (Lipinski definition) is 1. The minimum atomic E-state index is -0.257. The van der Waals surface area contributed by atoms with E-state index in [1.165, 1.54) is 18.6 Å². The molecular formula is C16H23ClFN. The van der Waals surface area contributed by atoms with Crippen LogP contribution in [0.5, 0.6) is 0 Å². The van der Waals surface area contributed by atoms with E-state index in [9.17, 15) is 4.39 Å². The van der Waals surface area contributed by atoms with Crippen molar-refractivity contribution in [3.63, 3.8) is 0 Å². The highest BCUT2D eigenvalue weighted by molar-refractivity contribution is 6.31. The molecule has 0 amide bonds. The lowest BCUT2D eigenvalue weighted by Gasteiger charge is -2.49. The average Bonchev–Trinajstić information content (AvgIpc) is 2.29. The van der Waals surface area contributed by atoms with Crippen LogP contribution in [0.1, 0.15) is 45.6 Å². The van der Waals surface area contributed by atoms with Crippen molar-refractivity contribution >= 4 is 11.6 Å². The molecule has 106 valence electrons. The summed E-state index contributed by atoms with van der Waals surface area (Å²) < 4.78 is 13.2. The van der Waals surface area contributed by atoms with Gasteiger partial charge in [-0.05, 0) is 36.5 Å². The maximum absolute atomic E-state index is 13.2. The first-order chi connectivity index (χ1) is 8.97. The maximum atomic E-state index is 13.2. The molecule has 2 rings (SSSR count). The Kier molecular flexibility index (Phi) is 4.52. The molecule has 0 atom stereocenters. The van der Waals surface area contributed by atoms with Crippen LogP contribution in [0.25, 0.3) is 0 Å². The van der Waals surface area contributed by atoms with E-state index in [1.54, 1.807) is 0 Å². The summed E-state index contributed by atoms with van der Waals surface area (Å²) >= 11 is 6.27. The standard InChI is InChI=1S/C16H23ClFN/c1-4-12-8-16(9-12,10-19-11(2)3)14-6-5-13(18)7-15(14)17/h5-7,11-12,19H,4,8-10H2,1-3H3. The molecule has 0 spiro atoms. The molecule has 1 fully saturated rings. The van der Waals surface area contributed by atoms with E-state index in [1.807, 2.05) is 6.07 Å². The molecular weight excluding hydrogens is 261 g/mol. The Labute approximate surface area is 120 Å². The summed E-state index contributed by atoms with van der Waals surface area (Å²) in [5.41, 5.74) is 1.20. The van der Waals surface area contributed by atoms with Crippen LogP contribution in [0.2, 0.25) is 5.02 Å². The quantitative estimate of drug-likeness (QED) is 0.837. The topological polar surface area (TPSA) is 12.0 Å². The summed E-state index contributed by atoms with van der Waals surface area (Å²) in [7, 11) is 0. The highest BCUT2D eigenvalue weighted by Crippen LogP contribution is 2.50. The van der Waals surface area contributed by atoms with Crippen molar-refractivity contribution in [2.75, 3.05) is 6.54 Å². The van der Waals surface area contributed by atoms with Gasteiger partial charge in [-0.2, -0.15) is 0 Å². The molecule has 0 saturated heterocycles. The fourth-order valence-corrected chi connectivity index (χ4v) is 3.48. The van der Waals surface area contributed by atoms with Crippen LogP contribution in [0, 0.1) is 11.7 Å². The van der Waals surface area contributed by atoms with Gasteiger partial charge in [-0.15, -0.1) is 0 Å². The van der Waals surface area contributed by atoms with Gasteiger partial charge in [0, 0.05) is 23.0 Å². The molecule has 0 aliphatic heterocycles. The van der Waals surface area contributed by atoms with Gasteiger partial charge >= 0.3 is 0 Å². The summed E-state index contributed by atoms with van der Waals surface area (Å²) in [6, 6.07) is 5.29. The number of halogens is 2. The maximum Gasteiger partial charge on any atom is 0.124 e. The molecule has 0 unspecified atom stereocenters. The molecule has 1 aliphatic carbocycles. The number of benzene rings is 1. The lowest BCUT2D eigenvalue weighted by molar-refractivity contribution is 0.131. The molecule has 19 heavy (non-hydrogen) atoms. The molecule has 1 aromatic carbocycles. The largest absolute Gasteiger partial charge is 0.314 e. The van der Waals surface area contributed by atoms with E-state index >= 15 is 0 Å². The Hall–Kier alpha value is -0.600. The van der Waals surface area contributed by atoms with Crippen molar-refractivity contribution in [1.82, 2.24) is 5.32 Å². The Morgan fingerprint density at radius 3 is 2.63 bits per heavy atom. The second-order valence-corrected chi connectivity index (χ2v) is 6.53. The molecule has 1 saturated carbocycles. The molecule has 1 N–H and O–H groups in total.